The largest absolute Gasteiger partial charge is 0.379 e. The van der Waals surface area contributed by atoms with E-state index in [0.717, 1.165) is 62.6 Å². The van der Waals surface area contributed by atoms with Crippen LogP contribution in [0.2, 0.25) is 0 Å². The van der Waals surface area contributed by atoms with Gasteiger partial charge in [0, 0.05) is 63.0 Å². The zero-order valence-corrected chi connectivity index (χ0v) is 18.9. The highest BCUT2D eigenvalue weighted by Crippen LogP contribution is 2.20. The lowest BCUT2D eigenvalue weighted by Crippen LogP contribution is -2.48. The lowest BCUT2D eigenvalue weighted by atomic mass is 10.1. The molecule has 166 valence electrons. The Morgan fingerprint density at radius 1 is 1.23 bits per heavy atom. The van der Waals surface area contributed by atoms with Gasteiger partial charge in [-0.2, -0.15) is 5.10 Å². The maximum Gasteiger partial charge on any atom is 0.275 e. The van der Waals surface area contributed by atoms with Crippen molar-refractivity contribution < 1.29 is 9.53 Å². The number of carbonyl (C=O) groups is 1. The van der Waals surface area contributed by atoms with Gasteiger partial charge in [0.25, 0.3) is 5.91 Å². The molecule has 9 heteroatoms. The highest BCUT2D eigenvalue weighted by Gasteiger charge is 2.29. The van der Waals surface area contributed by atoms with Crippen LogP contribution >= 0.6 is 24.8 Å². The van der Waals surface area contributed by atoms with Crippen LogP contribution in [0.3, 0.4) is 0 Å². The maximum absolute atomic E-state index is 13.5. The van der Waals surface area contributed by atoms with Crippen molar-refractivity contribution in [2.45, 2.75) is 32.5 Å². The quantitative estimate of drug-likeness (QED) is 0.698. The van der Waals surface area contributed by atoms with E-state index in [1.54, 1.807) is 0 Å². The second-order valence-electron chi connectivity index (χ2n) is 7.64. The van der Waals surface area contributed by atoms with Crippen molar-refractivity contribution in [1.29, 1.82) is 0 Å². The maximum atomic E-state index is 13.5. The molecule has 30 heavy (non-hydrogen) atoms. The number of fused-ring (bicyclic) bond motifs is 1. The zero-order chi connectivity index (χ0) is 19.3. The fourth-order valence-electron chi connectivity index (χ4n) is 4.00. The van der Waals surface area contributed by atoms with Gasteiger partial charge in [-0.15, -0.1) is 24.8 Å². The summed E-state index contributed by atoms with van der Waals surface area (Å²) < 4.78 is 5.46. The van der Waals surface area contributed by atoms with E-state index >= 15 is 0 Å². The second kappa shape index (κ2) is 11.7. The van der Waals surface area contributed by atoms with Crippen LogP contribution in [-0.4, -0.2) is 71.3 Å². The standard InChI is InChI=1S/C21H29N5O2.2ClH/c1-16(14-25-9-11-28-12-10-25)26(15-17-5-3-2-4-6-17)21(27)20-18-13-22-8-7-19(18)23-24-20;;/h2-6,16,22H,7-15H2,1H3,(H,23,24);2*1H. The number of morpholine rings is 1. The van der Waals surface area contributed by atoms with Crippen molar-refractivity contribution in [2.75, 3.05) is 39.4 Å². The van der Waals surface area contributed by atoms with E-state index < -0.39 is 0 Å². The van der Waals surface area contributed by atoms with Crippen molar-refractivity contribution in [2.24, 2.45) is 0 Å². The normalized spacial score (nSPS) is 17.2. The van der Waals surface area contributed by atoms with Crippen molar-refractivity contribution in [3.8, 4) is 0 Å². The Labute approximate surface area is 190 Å². The summed E-state index contributed by atoms with van der Waals surface area (Å²) in [6, 6.07) is 10.3. The number of amides is 1. The molecule has 1 unspecified atom stereocenters. The van der Waals surface area contributed by atoms with Crippen LogP contribution in [0.1, 0.15) is 34.2 Å². The molecular weight excluding hydrogens is 425 g/mol. The molecule has 0 spiro atoms. The monoisotopic (exact) mass is 455 g/mol. The molecule has 1 fully saturated rings. The number of aromatic amines is 1. The Hall–Kier alpha value is -1.64. The van der Waals surface area contributed by atoms with Crippen LogP contribution < -0.4 is 5.32 Å². The van der Waals surface area contributed by atoms with Crippen LogP contribution in [0.25, 0.3) is 0 Å². The smallest absolute Gasteiger partial charge is 0.275 e. The Balaban J connectivity index is 0.00000160. The lowest BCUT2D eigenvalue weighted by molar-refractivity contribution is 0.0227. The van der Waals surface area contributed by atoms with Gasteiger partial charge in [0.15, 0.2) is 5.69 Å². The highest BCUT2D eigenvalue weighted by molar-refractivity contribution is 5.94. The van der Waals surface area contributed by atoms with E-state index in [-0.39, 0.29) is 36.8 Å². The molecule has 1 amide bonds. The topological polar surface area (TPSA) is 73.5 Å². The van der Waals surface area contributed by atoms with E-state index in [0.29, 0.717) is 18.8 Å². The van der Waals surface area contributed by atoms with E-state index in [1.165, 1.54) is 0 Å². The molecule has 1 aromatic heterocycles. The third kappa shape index (κ3) is 5.74. The van der Waals surface area contributed by atoms with E-state index in [2.05, 4.69) is 39.5 Å². The third-order valence-corrected chi connectivity index (χ3v) is 5.62. The van der Waals surface area contributed by atoms with Gasteiger partial charge < -0.3 is 15.0 Å². The number of aromatic nitrogens is 2. The number of rotatable bonds is 6. The minimum absolute atomic E-state index is 0. The van der Waals surface area contributed by atoms with Crippen LogP contribution in [-0.2, 0) is 24.2 Å². The average Bonchev–Trinajstić information content (AvgIpc) is 3.17. The number of nitrogens with one attached hydrogen (secondary N) is 2. The first kappa shape index (κ1) is 24.6. The van der Waals surface area contributed by atoms with E-state index in [4.69, 9.17) is 4.74 Å². The van der Waals surface area contributed by atoms with Crippen LogP contribution in [0.5, 0.6) is 0 Å². The van der Waals surface area contributed by atoms with Crippen molar-refractivity contribution >= 4 is 30.7 Å². The van der Waals surface area contributed by atoms with Crippen molar-refractivity contribution in [1.82, 2.24) is 25.3 Å². The molecule has 7 nitrogen and oxygen atoms in total. The highest BCUT2D eigenvalue weighted by atomic mass is 35.5. The van der Waals surface area contributed by atoms with Crippen LogP contribution in [0.4, 0.5) is 0 Å². The van der Waals surface area contributed by atoms with Gasteiger partial charge in [0.1, 0.15) is 0 Å². The number of hydrogen-bond donors (Lipinski definition) is 2. The predicted octanol–water partition coefficient (Wildman–Crippen LogP) is 2.26. The van der Waals surface area contributed by atoms with Gasteiger partial charge in [-0.1, -0.05) is 30.3 Å². The number of halogens is 2. The molecule has 0 saturated carbocycles. The zero-order valence-electron chi connectivity index (χ0n) is 17.3. The van der Waals surface area contributed by atoms with Gasteiger partial charge >= 0.3 is 0 Å². The SMILES string of the molecule is CC(CN1CCOCC1)N(Cc1ccccc1)C(=O)c1n[nH]c2c1CNCC2.Cl.Cl. The summed E-state index contributed by atoms with van der Waals surface area (Å²) >= 11 is 0. The molecular formula is C21H31Cl2N5O2. The Bertz CT molecular complexity index is 796. The number of nitrogens with zero attached hydrogens (tertiary/aromatic N) is 3. The molecule has 1 aromatic carbocycles. The Morgan fingerprint density at radius 2 is 1.97 bits per heavy atom. The number of H-pyrrole nitrogens is 1. The number of ether oxygens (including phenoxy) is 1. The molecule has 2 aromatic rings. The van der Waals surface area contributed by atoms with Crippen molar-refractivity contribution in [3.05, 3.63) is 52.8 Å². The molecule has 2 aliphatic heterocycles. The van der Waals surface area contributed by atoms with Gasteiger partial charge in [0.05, 0.1) is 13.2 Å². The molecule has 4 rings (SSSR count). The molecule has 1 atom stereocenters. The second-order valence-corrected chi connectivity index (χ2v) is 7.64. The Morgan fingerprint density at radius 3 is 2.70 bits per heavy atom. The minimum atomic E-state index is 0. The minimum Gasteiger partial charge on any atom is -0.379 e. The number of carbonyl (C=O) groups excluding carboxylic acids is 1. The molecule has 1 saturated heterocycles. The predicted molar refractivity (Wildman–Crippen MR) is 122 cm³/mol. The molecule has 0 aliphatic carbocycles. The lowest BCUT2D eigenvalue weighted by Gasteiger charge is -2.35. The van der Waals surface area contributed by atoms with Gasteiger partial charge in [-0.05, 0) is 12.5 Å². The van der Waals surface area contributed by atoms with Gasteiger partial charge in [-0.25, -0.2) is 0 Å². The van der Waals surface area contributed by atoms with E-state index in [9.17, 15) is 4.79 Å². The number of benzene rings is 1. The van der Waals surface area contributed by atoms with Gasteiger partial charge in [-0.3, -0.25) is 14.8 Å². The first-order chi connectivity index (χ1) is 13.7. The van der Waals surface area contributed by atoms with Crippen LogP contribution in [0.15, 0.2) is 30.3 Å². The summed E-state index contributed by atoms with van der Waals surface area (Å²) in [5.74, 6) is 0.00538. The number of hydrogen-bond acceptors (Lipinski definition) is 5. The molecule has 0 bridgehead atoms. The van der Waals surface area contributed by atoms with Crippen LogP contribution in [0, 0.1) is 0 Å². The first-order valence-corrected chi connectivity index (χ1v) is 10.1. The average molecular weight is 456 g/mol. The summed E-state index contributed by atoms with van der Waals surface area (Å²) in [6.07, 6.45) is 0.887. The molecule has 2 N–H and O–H groups in total. The third-order valence-electron chi connectivity index (χ3n) is 5.62. The molecule has 0 radical (unpaired) electrons. The van der Waals surface area contributed by atoms with E-state index in [1.807, 2.05) is 23.1 Å². The summed E-state index contributed by atoms with van der Waals surface area (Å²) in [5, 5.41) is 10.8. The fraction of sp³-hybridized carbons (Fsp3) is 0.524. The molecule has 2 aliphatic rings. The summed E-state index contributed by atoms with van der Waals surface area (Å²) in [5.41, 5.74) is 3.80. The fourth-order valence-corrected chi connectivity index (χ4v) is 4.00. The van der Waals surface area contributed by atoms with Gasteiger partial charge in [0.2, 0.25) is 0 Å². The molecule has 3 heterocycles. The first-order valence-electron chi connectivity index (χ1n) is 10.1. The summed E-state index contributed by atoms with van der Waals surface area (Å²) in [7, 11) is 0. The Kier molecular flexibility index (Phi) is 9.58. The van der Waals surface area contributed by atoms with Crippen molar-refractivity contribution in [3.63, 3.8) is 0 Å². The summed E-state index contributed by atoms with van der Waals surface area (Å²) in [4.78, 5) is 17.9. The summed E-state index contributed by atoms with van der Waals surface area (Å²) in [6.45, 7) is 8.53.